The third-order valence-electron chi connectivity index (χ3n) is 2.36. The summed E-state index contributed by atoms with van der Waals surface area (Å²) in [6, 6.07) is 0. The molecule has 1 atom stereocenters. The van der Waals surface area contributed by atoms with E-state index < -0.39 is 0 Å². The SMILES string of the molecule is CCCOc1ncnc(NCC(C)CSC)c1N. The Labute approximate surface area is 113 Å². The van der Waals surface area contributed by atoms with E-state index >= 15 is 0 Å². The van der Waals surface area contributed by atoms with Crippen molar-refractivity contribution in [3.8, 4) is 5.88 Å². The molecule has 0 aliphatic carbocycles. The molecule has 0 spiro atoms. The van der Waals surface area contributed by atoms with Crippen LogP contribution < -0.4 is 15.8 Å². The zero-order chi connectivity index (χ0) is 13.4. The number of nitrogen functional groups attached to an aromatic ring is 1. The van der Waals surface area contributed by atoms with Crippen molar-refractivity contribution in [2.45, 2.75) is 20.3 Å². The molecule has 1 aromatic heterocycles. The Morgan fingerprint density at radius 1 is 1.50 bits per heavy atom. The van der Waals surface area contributed by atoms with Gasteiger partial charge in [0, 0.05) is 6.54 Å². The second kappa shape index (κ2) is 8.02. The fourth-order valence-corrected chi connectivity index (χ4v) is 2.14. The van der Waals surface area contributed by atoms with E-state index in [1.165, 1.54) is 6.33 Å². The van der Waals surface area contributed by atoms with Crippen molar-refractivity contribution < 1.29 is 4.74 Å². The van der Waals surface area contributed by atoms with Gasteiger partial charge >= 0.3 is 0 Å². The Morgan fingerprint density at radius 3 is 2.94 bits per heavy atom. The quantitative estimate of drug-likeness (QED) is 0.755. The second-order valence-corrected chi connectivity index (χ2v) is 5.14. The summed E-state index contributed by atoms with van der Waals surface area (Å²) in [7, 11) is 0. The molecule has 0 saturated carbocycles. The first-order chi connectivity index (χ1) is 8.69. The summed E-state index contributed by atoms with van der Waals surface area (Å²) in [4.78, 5) is 8.18. The monoisotopic (exact) mass is 270 g/mol. The minimum Gasteiger partial charge on any atom is -0.476 e. The molecule has 6 heteroatoms. The fraction of sp³-hybridized carbons (Fsp3) is 0.667. The molecule has 18 heavy (non-hydrogen) atoms. The molecule has 102 valence electrons. The highest BCUT2D eigenvalue weighted by atomic mass is 32.2. The van der Waals surface area contributed by atoms with Crippen LogP contribution in [-0.2, 0) is 0 Å². The van der Waals surface area contributed by atoms with Crippen LogP contribution in [0.15, 0.2) is 6.33 Å². The van der Waals surface area contributed by atoms with Crippen molar-refractivity contribution in [1.82, 2.24) is 9.97 Å². The Hall–Kier alpha value is -1.17. The molecule has 5 nitrogen and oxygen atoms in total. The summed E-state index contributed by atoms with van der Waals surface area (Å²) >= 11 is 1.83. The van der Waals surface area contributed by atoms with Crippen LogP contribution in [0.3, 0.4) is 0 Å². The number of rotatable bonds is 8. The molecule has 0 aromatic carbocycles. The van der Waals surface area contributed by atoms with Crippen molar-refractivity contribution in [2.75, 3.05) is 36.2 Å². The number of hydrogen-bond donors (Lipinski definition) is 2. The molecule has 1 heterocycles. The number of thioether (sulfide) groups is 1. The minimum atomic E-state index is 0.465. The Morgan fingerprint density at radius 2 is 2.28 bits per heavy atom. The van der Waals surface area contributed by atoms with Crippen LogP contribution in [0, 0.1) is 5.92 Å². The normalized spacial score (nSPS) is 12.2. The summed E-state index contributed by atoms with van der Waals surface area (Å²) in [6.07, 6.45) is 4.51. The van der Waals surface area contributed by atoms with E-state index in [9.17, 15) is 0 Å². The van der Waals surface area contributed by atoms with Gasteiger partial charge in [-0.3, -0.25) is 0 Å². The molecule has 3 N–H and O–H groups in total. The third kappa shape index (κ3) is 4.60. The Bertz CT molecular complexity index is 362. The standard InChI is InChI=1S/C12H22N4OS/c1-4-5-17-12-10(13)11(15-8-16-12)14-6-9(2)7-18-3/h8-9H,4-7,13H2,1-3H3,(H,14,15,16). The number of aromatic nitrogens is 2. The van der Waals surface area contributed by atoms with Gasteiger partial charge in [0.25, 0.3) is 0 Å². The summed E-state index contributed by atoms with van der Waals surface area (Å²) in [5.41, 5.74) is 6.45. The van der Waals surface area contributed by atoms with E-state index in [-0.39, 0.29) is 0 Å². The van der Waals surface area contributed by atoms with Gasteiger partial charge in [-0.25, -0.2) is 4.98 Å². The minimum absolute atomic E-state index is 0.465. The van der Waals surface area contributed by atoms with Crippen molar-refractivity contribution in [3.63, 3.8) is 0 Å². The van der Waals surface area contributed by atoms with Gasteiger partial charge in [-0.15, -0.1) is 0 Å². The van der Waals surface area contributed by atoms with E-state index in [4.69, 9.17) is 10.5 Å². The number of ether oxygens (including phenoxy) is 1. The van der Waals surface area contributed by atoms with E-state index in [2.05, 4.69) is 28.5 Å². The molecular weight excluding hydrogens is 248 g/mol. The van der Waals surface area contributed by atoms with Gasteiger partial charge in [0.1, 0.15) is 12.0 Å². The first-order valence-corrected chi connectivity index (χ1v) is 7.54. The number of anilines is 2. The van der Waals surface area contributed by atoms with Crippen LogP contribution in [0.4, 0.5) is 11.5 Å². The van der Waals surface area contributed by atoms with Gasteiger partial charge in [0.05, 0.1) is 6.61 Å². The lowest BCUT2D eigenvalue weighted by molar-refractivity contribution is 0.306. The van der Waals surface area contributed by atoms with Crippen molar-refractivity contribution in [2.24, 2.45) is 5.92 Å². The van der Waals surface area contributed by atoms with Crippen molar-refractivity contribution in [3.05, 3.63) is 6.33 Å². The van der Waals surface area contributed by atoms with Gasteiger partial charge in [0.15, 0.2) is 5.82 Å². The van der Waals surface area contributed by atoms with E-state index in [0.29, 0.717) is 29.9 Å². The second-order valence-electron chi connectivity index (χ2n) is 4.23. The van der Waals surface area contributed by atoms with Crippen LogP contribution in [0.1, 0.15) is 20.3 Å². The van der Waals surface area contributed by atoms with Gasteiger partial charge in [-0.2, -0.15) is 16.7 Å². The van der Waals surface area contributed by atoms with Crippen LogP contribution in [0.25, 0.3) is 0 Å². The third-order valence-corrected chi connectivity index (χ3v) is 3.26. The molecule has 1 unspecified atom stereocenters. The van der Waals surface area contributed by atoms with Gasteiger partial charge < -0.3 is 15.8 Å². The lowest BCUT2D eigenvalue weighted by Gasteiger charge is -2.14. The Kier molecular flexibility index (Phi) is 6.64. The highest BCUT2D eigenvalue weighted by Crippen LogP contribution is 2.24. The zero-order valence-corrected chi connectivity index (χ0v) is 12.1. The van der Waals surface area contributed by atoms with Crippen molar-refractivity contribution >= 4 is 23.3 Å². The van der Waals surface area contributed by atoms with E-state index in [1.54, 1.807) is 0 Å². The summed E-state index contributed by atoms with van der Waals surface area (Å²) < 4.78 is 5.46. The highest BCUT2D eigenvalue weighted by molar-refractivity contribution is 7.98. The molecule has 1 aromatic rings. The van der Waals surface area contributed by atoms with E-state index in [1.807, 2.05) is 18.7 Å². The number of nitrogens with two attached hydrogens (primary N) is 1. The molecule has 1 rings (SSSR count). The summed E-state index contributed by atoms with van der Waals surface area (Å²) in [6.45, 7) is 5.69. The maximum Gasteiger partial charge on any atom is 0.242 e. The molecule has 0 fully saturated rings. The molecule has 0 amide bonds. The number of hydrogen-bond acceptors (Lipinski definition) is 6. The lowest BCUT2D eigenvalue weighted by atomic mass is 10.2. The number of nitrogens with zero attached hydrogens (tertiary/aromatic N) is 2. The summed E-state index contributed by atoms with van der Waals surface area (Å²) in [5, 5.41) is 3.24. The molecule has 0 saturated heterocycles. The van der Waals surface area contributed by atoms with Crippen molar-refractivity contribution in [1.29, 1.82) is 0 Å². The first kappa shape index (κ1) is 14.9. The lowest BCUT2D eigenvalue weighted by Crippen LogP contribution is -2.16. The highest BCUT2D eigenvalue weighted by Gasteiger charge is 2.09. The Balaban J connectivity index is 2.60. The average Bonchev–Trinajstić information content (AvgIpc) is 2.36. The first-order valence-electron chi connectivity index (χ1n) is 6.15. The largest absolute Gasteiger partial charge is 0.476 e. The maximum atomic E-state index is 5.97. The topological polar surface area (TPSA) is 73.1 Å². The molecule has 0 aliphatic heterocycles. The van der Waals surface area contributed by atoms with Gasteiger partial charge in [-0.05, 0) is 24.3 Å². The smallest absolute Gasteiger partial charge is 0.242 e. The summed E-state index contributed by atoms with van der Waals surface area (Å²) in [5.74, 6) is 2.79. The molecular formula is C12H22N4OS. The van der Waals surface area contributed by atoms with Gasteiger partial charge in [0.2, 0.25) is 5.88 Å². The molecule has 0 radical (unpaired) electrons. The fourth-order valence-electron chi connectivity index (χ4n) is 1.45. The zero-order valence-electron chi connectivity index (χ0n) is 11.3. The van der Waals surface area contributed by atoms with E-state index in [0.717, 1.165) is 18.7 Å². The number of nitrogens with one attached hydrogen (secondary N) is 1. The average molecular weight is 270 g/mol. The predicted molar refractivity (Wildman–Crippen MR) is 78.3 cm³/mol. The van der Waals surface area contributed by atoms with Crippen LogP contribution >= 0.6 is 11.8 Å². The van der Waals surface area contributed by atoms with Crippen LogP contribution in [0.2, 0.25) is 0 Å². The predicted octanol–water partition coefficient (Wildman–Crippen LogP) is 2.26. The van der Waals surface area contributed by atoms with Crippen LogP contribution in [-0.4, -0.2) is 35.1 Å². The molecule has 0 aliphatic rings. The van der Waals surface area contributed by atoms with Gasteiger partial charge in [-0.1, -0.05) is 13.8 Å². The maximum absolute atomic E-state index is 5.97. The molecule has 0 bridgehead atoms. The van der Waals surface area contributed by atoms with Crippen LogP contribution in [0.5, 0.6) is 5.88 Å².